The molecule has 0 saturated carbocycles. The third-order valence-electron chi connectivity index (χ3n) is 5.13. The normalized spacial score (nSPS) is 12.8. The van der Waals surface area contributed by atoms with Gasteiger partial charge in [0.1, 0.15) is 0 Å². The summed E-state index contributed by atoms with van der Waals surface area (Å²) in [4.78, 5) is 19.5. The minimum Gasteiger partial charge on any atom is -0.299 e. The van der Waals surface area contributed by atoms with Crippen molar-refractivity contribution < 1.29 is 0 Å². The molecule has 0 aliphatic heterocycles. The second kappa shape index (κ2) is 7.64. The Bertz CT molecular complexity index is 1180. The van der Waals surface area contributed by atoms with Crippen LogP contribution in [0.2, 0.25) is 0 Å². The van der Waals surface area contributed by atoms with E-state index in [1.807, 2.05) is 69.1 Å². The van der Waals surface area contributed by atoms with Crippen molar-refractivity contribution in [3.63, 3.8) is 0 Å². The van der Waals surface area contributed by atoms with Crippen LogP contribution in [-0.2, 0) is 0 Å². The lowest BCUT2D eigenvalue weighted by Gasteiger charge is -2.29. The molecule has 6 heteroatoms. The lowest BCUT2D eigenvalue weighted by Crippen LogP contribution is -2.36. The smallest absolute Gasteiger partial charge is 0.252 e. The summed E-state index contributed by atoms with van der Waals surface area (Å²) in [5.74, 6) is 0.312. The highest BCUT2D eigenvalue weighted by Crippen LogP contribution is 2.25. The van der Waals surface area contributed by atoms with E-state index >= 15 is 0 Å². The van der Waals surface area contributed by atoms with Crippen molar-refractivity contribution in [2.24, 2.45) is 5.92 Å². The first-order valence-corrected chi connectivity index (χ1v) is 9.73. The van der Waals surface area contributed by atoms with E-state index in [0.29, 0.717) is 5.92 Å². The Morgan fingerprint density at radius 1 is 0.966 bits per heavy atom. The molecule has 1 aromatic carbocycles. The molecule has 0 aliphatic carbocycles. The Morgan fingerprint density at radius 2 is 1.72 bits per heavy atom. The van der Waals surface area contributed by atoms with E-state index in [0.717, 1.165) is 27.9 Å². The first kappa shape index (κ1) is 19.1. The van der Waals surface area contributed by atoms with Crippen LogP contribution < -0.4 is 5.56 Å². The van der Waals surface area contributed by atoms with Crippen LogP contribution in [0.4, 0.5) is 0 Å². The molecule has 4 aromatic rings. The van der Waals surface area contributed by atoms with E-state index in [-0.39, 0.29) is 11.7 Å². The number of nitrogens with zero attached hydrogens (tertiary/aromatic N) is 5. The maximum absolute atomic E-state index is 12.8. The molecular weight excluding hydrogens is 362 g/mol. The van der Waals surface area contributed by atoms with Gasteiger partial charge in [0.2, 0.25) is 0 Å². The molecule has 0 spiro atoms. The fraction of sp³-hybridized carbons (Fsp3) is 0.261. The minimum absolute atomic E-state index is 0.0108. The van der Waals surface area contributed by atoms with Gasteiger partial charge in [0.15, 0.2) is 5.65 Å². The Hall–Kier alpha value is -3.25. The molecule has 3 heterocycles. The zero-order chi connectivity index (χ0) is 20.5. The summed E-state index contributed by atoms with van der Waals surface area (Å²) in [6, 6.07) is 13.7. The minimum atomic E-state index is -0.0274. The van der Waals surface area contributed by atoms with Crippen LogP contribution >= 0.6 is 0 Å². The number of benzene rings is 1. The maximum Gasteiger partial charge on any atom is 0.252 e. The molecule has 0 saturated heterocycles. The molecule has 0 bridgehead atoms. The fourth-order valence-electron chi connectivity index (χ4n) is 3.90. The van der Waals surface area contributed by atoms with Gasteiger partial charge in [-0.1, -0.05) is 44.2 Å². The second-order valence-electron chi connectivity index (χ2n) is 7.82. The lowest BCUT2D eigenvalue weighted by atomic mass is 10.1. The predicted octanol–water partition coefficient (Wildman–Crippen LogP) is 3.94. The highest BCUT2D eigenvalue weighted by molar-refractivity contribution is 5.77. The Labute approximate surface area is 170 Å². The summed E-state index contributed by atoms with van der Waals surface area (Å²) in [7, 11) is 3.98. The zero-order valence-electron chi connectivity index (χ0n) is 17.1. The molecular formula is C23H25N5O. The summed E-state index contributed by atoms with van der Waals surface area (Å²) < 4.78 is 3.54. The first-order valence-electron chi connectivity index (χ1n) is 9.73. The third-order valence-corrected chi connectivity index (χ3v) is 5.13. The first-order chi connectivity index (χ1) is 14.0. The molecule has 1 atom stereocenters. The van der Waals surface area contributed by atoms with Crippen molar-refractivity contribution in [1.29, 1.82) is 0 Å². The van der Waals surface area contributed by atoms with Gasteiger partial charge in [0, 0.05) is 35.8 Å². The van der Waals surface area contributed by atoms with E-state index in [1.54, 1.807) is 21.3 Å². The van der Waals surface area contributed by atoms with Crippen molar-refractivity contribution >= 4 is 5.65 Å². The van der Waals surface area contributed by atoms with Crippen molar-refractivity contribution in [3.05, 3.63) is 77.6 Å². The van der Waals surface area contributed by atoms with Crippen molar-refractivity contribution in [2.45, 2.75) is 20.0 Å². The summed E-state index contributed by atoms with van der Waals surface area (Å²) >= 11 is 0. The monoisotopic (exact) mass is 387 g/mol. The maximum atomic E-state index is 12.8. The highest BCUT2D eigenvalue weighted by Gasteiger charge is 2.19. The van der Waals surface area contributed by atoms with Crippen LogP contribution in [-0.4, -0.2) is 38.2 Å². The van der Waals surface area contributed by atoms with E-state index in [4.69, 9.17) is 0 Å². The summed E-state index contributed by atoms with van der Waals surface area (Å²) in [5.41, 5.74) is 4.52. The molecule has 3 aromatic heterocycles. The molecule has 0 radical (unpaired) electrons. The summed E-state index contributed by atoms with van der Waals surface area (Å²) in [6.07, 6.45) is 7.42. The molecule has 0 N–H and O–H groups in total. The van der Waals surface area contributed by atoms with E-state index < -0.39 is 0 Å². The largest absolute Gasteiger partial charge is 0.299 e. The summed E-state index contributed by atoms with van der Waals surface area (Å²) in [6.45, 7) is 4.23. The Balaban J connectivity index is 1.72. The molecule has 0 fully saturated rings. The van der Waals surface area contributed by atoms with Gasteiger partial charge in [-0.05, 0) is 37.2 Å². The quantitative estimate of drug-likeness (QED) is 0.520. The van der Waals surface area contributed by atoms with E-state index in [2.05, 4.69) is 28.8 Å². The zero-order valence-corrected chi connectivity index (χ0v) is 17.1. The van der Waals surface area contributed by atoms with Crippen molar-refractivity contribution in [2.75, 3.05) is 14.1 Å². The van der Waals surface area contributed by atoms with Gasteiger partial charge in [-0.15, -0.1) is 0 Å². The number of pyridine rings is 1. The van der Waals surface area contributed by atoms with Crippen LogP contribution in [0, 0.1) is 5.92 Å². The Kier molecular flexibility index (Phi) is 5.03. The number of hydrogen-bond donors (Lipinski definition) is 0. The van der Waals surface area contributed by atoms with Crippen LogP contribution in [0.1, 0.15) is 20.0 Å². The number of hydrogen-bond acceptors (Lipinski definition) is 4. The van der Waals surface area contributed by atoms with Crippen LogP contribution in [0.3, 0.4) is 0 Å². The van der Waals surface area contributed by atoms with Gasteiger partial charge in [0.05, 0.1) is 12.4 Å². The fourth-order valence-corrected chi connectivity index (χ4v) is 3.90. The highest BCUT2D eigenvalue weighted by atomic mass is 16.1. The van der Waals surface area contributed by atoms with Crippen LogP contribution in [0.15, 0.2) is 72.0 Å². The van der Waals surface area contributed by atoms with Gasteiger partial charge in [-0.25, -0.2) is 9.50 Å². The molecule has 6 nitrogen and oxygen atoms in total. The predicted molar refractivity (Wildman–Crippen MR) is 116 cm³/mol. The second-order valence-corrected chi connectivity index (χ2v) is 7.82. The van der Waals surface area contributed by atoms with Crippen molar-refractivity contribution in [3.8, 4) is 22.3 Å². The average Bonchev–Trinajstić information content (AvgIpc) is 3.13. The van der Waals surface area contributed by atoms with Gasteiger partial charge >= 0.3 is 0 Å². The number of rotatable bonds is 5. The average molecular weight is 387 g/mol. The van der Waals surface area contributed by atoms with E-state index in [9.17, 15) is 4.79 Å². The standard InChI is InChI=1S/C23H25N5O/c1-16(2)23(26(3)4)27-11-10-18(12-21(27)29)19-13-24-22-20(14-25-28(22)15-19)17-8-6-5-7-9-17/h5-16,23H,1-4H3. The van der Waals surface area contributed by atoms with Crippen molar-refractivity contribution in [1.82, 2.24) is 24.1 Å². The molecule has 0 aliphatic rings. The van der Waals surface area contributed by atoms with Gasteiger partial charge in [-0.3, -0.25) is 14.3 Å². The molecule has 0 amide bonds. The number of aromatic nitrogens is 4. The van der Waals surface area contributed by atoms with Gasteiger partial charge in [0.25, 0.3) is 5.56 Å². The van der Waals surface area contributed by atoms with Crippen LogP contribution in [0.5, 0.6) is 0 Å². The summed E-state index contributed by atoms with van der Waals surface area (Å²) in [5, 5.41) is 4.46. The molecule has 1 unspecified atom stereocenters. The van der Waals surface area contributed by atoms with Gasteiger partial charge in [-0.2, -0.15) is 5.10 Å². The Morgan fingerprint density at radius 3 is 2.38 bits per heavy atom. The molecule has 4 rings (SSSR count). The topological polar surface area (TPSA) is 55.4 Å². The SMILES string of the molecule is CC(C)C(N(C)C)n1ccc(-c2cnc3c(-c4ccccc4)cnn3c2)cc1=O. The van der Waals surface area contributed by atoms with Crippen LogP contribution in [0.25, 0.3) is 27.9 Å². The molecule has 148 valence electrons. The third kappa shape index (κ3) is 3.59. The lowest BCUT2D eigenvalue weighted by molar-refractivity contribution is 0.154. The number of fused-ring (bicyclic) bond motifs is 1. The van der Waals surface area contributed by atoms with Gasteiger partial charge < -0.3 is 0 Å². The van der Waals surface area contributed by atoms with E-state index in [1.165, 1.54) is 0 Å². The molecule has 29 heavy (non-hydrogen) atoms.